The molecule has 0 saturated carbocycles. The SMILES string of the molecule is CC1CCCN1Cc1ccc(CN)cc1Cl. The molecule has 2 N–H and O–H groups in total. The number of nitrogens with zero attached hydrogens (tertiary/aromatic N) is 1. The molecule has 0 aliphatic carbocycles. The van der Waals surface area contributed by atoms with E-state index in [4.69, 9.17) is 17.3 Å². The molecule has 1 aliphatic rings. The van der Waals surface area contributed by atoms with Crippen LogP contribution < -0.4 is 5.73 Å². The molecule has 1 unspecified atom stereocenters. The molecule has 2 rings (SSSR count). The van der Waals surface area contributed by atoms with Gasteiger partial charge in [-0.25, -0.2) is 0 Å². The number of hydrogen-bond donors (Lipinski definition) is 1. The van der Waals surface area contributed by atoms with Gasteiger partial charge in [0.25, 0.3) is 0 Å². The van der Waals surface area contributed by atoms with Gasteiger partial charge in [0.05, 0.1) is 0 Å². The molecule has 3 heteroatoms. The summed E-state index contributed by atoms with van der Waals surface area (Å²) in [6.45, 7) is 5.00. The molecule has 0 spiro atoms. The second kappa shape index (κ2) is 5.17. The highest BCUT2D eigenvalue weighted by atomic mass is 35.5. The van der Waals surface area contributed by atoms with Gasteiger partial charge >= 0.3 is 0 Å². The Hall–Kier alpha value is -0.570. The molecule has 1 atom stereocenters. The van der Waals surface area contributed by atoms with Gasteiger partial charge in [0, 0.05) is 24.2 Å². The van der Waals surface area contributed by atoms with Gasteiger partial charge in [0.2, 0.25) is 0 Å². The third-order valence-corrected chi connectivity index (χ3v) is 3.77. The molecule has 88 valence electrons. The van der Waals surface area contributed by atoms with Crippen LogP contribution in [-0.2, 0) is 13.1 Å². The summed E-state index contributed by atoms with van der Waals surface area (Å²) >= 11 is 6.25. The van der Waals surface area contributed by atoms with Crippen LogP contribution in [0.4, 0.5) is 0 Å². The molecule has 1 fully saturated rings. The minimum atomic E-state index is 0.556. The van der Waals surface area contributed by atoms with Crippen molar-refractivity contribution in [3.05, 3.63) is 34.3 Å². The van der Waals surface area contributed by atoms with E-state index in [0.29, 0.717) is 12.6 Å². The Labute approximate surface area is 102 Å². The van der Waals surface area contributed by atoms with Crippen molar-refractivity contribution in [2.75, 3.05) is 6.54 Å². The Morgan fingerprint density at radius 2 is 2.31 bits per heavy atom. The van der Waals surface area contributed by atoms with Gasteiger partial charge in [0.1, 0.15) is 0 Å². The van der Waals surface area contributed by atoms with Crippen LogP contribution in [0.15, 0.2) is 18.2 Å². The maximum atomic E-state index is 6.25. The molecule has 0 amide bonds. The topological polar surface area (TPSA) is 29.3 Å². The van der Waals surface area contributed by atoms with Crippen LogP contribution in [0.5, 0.6) is 0 Å². The number of rotatable bonds is 3. The van der Waals surface area contributed by atoms with E-state index in [9.17, 15) is 0 Å². The normalized spacial score (nSPS) is 21.6. The first-order valence-electron chi connectivity index (χ1n) is 5.92. The lowest BCUT2D eigenvalue weighted by Gasteiger charge is -2.21. The molecule has 16 heavy (non-hydrogen) atoms. The van der Waals surface area contributed by atoms with Gasteiger partial charge in [-0.1, -0.05) is 23.7 Å². The van der Waals surface area contributed by atoms with E-state index in [1.165, 1.54) is 24.9 Å². The van der Waals surface area contributed by atoms with Gasteiger partial charge in [0.15, 0.2) is 0 Å². The van der Waals surface area contributed by atoms with Crippen molar-refractivity contribution in [3.8, 4) is 0 Å². The van der Waals surface area contributed by atoms with Crippen LogP contribution in [0, 0.1) is 0 Å². The van der Waals surface area contributed by atoms with Crippen molar-refractivity contribution in [3.63, 3.8) is 0 Å². The predicted octanol–water partition coefficient (Wildman–Crippen LogP) is 2.78. The average molecular weight is 239 g/mol. The van der Waals surface area contributed by atoms with E-state index in [1.807, 2.05) is 6.07 Å². The third-order valence-electron chi connectivity index (χ3n) is 3.42. The lowest BCUT2D eigenvalue weighted by atomic mass is 10.1. The fourth-order valence-electron chi connectivity index (χ4n) is 2.29. The molecule has 1 aromatic carbocycles. The number of halogens is 1. The van der Waals surface area contributed by atoms with Crippen LogP contribution >= 0.6 is 11.6 Å². The largest absolute Gasteiger partial charge is 0.326 e. The Balaban J connectivity index is 2.09. The van der Waals surface area contributed by atoms with Gasteiger partial charge in [-0.05, 0) is 43.5 Å². The van der Waals surface area contributed by atoms with Crippen LogP contribution in [0.25, 0.3) is 0 Å². The van der Waals surface area contributed by atoms with Crippen LogP contribution in [-0.4, -0.2) is 17.5 Å². The third kappa shape index (κ3) is 2.57. The first-order chi connectivity index (χ1) is 7.70. The molecule has 2 nitrogen and oxygen atoms in total. The van der Waals surface area contributed by atoms with E-state index in [-0.39, 0.29) is 0 Å². The van der Waals surface area contributed by atoms with Crippen molar-refractivity contribution in [2.24, 2.45) is 5.73 Å². The van der Waals surface area contributed by atoms with Crippen molar-refractivity contribution < 1.29 is 0 Å². The highest BCUT2D eigenvalue weighted by molar-refractivity contribution is 6.31. The first-order valence-corrected chi connectivity index (χ1v) is 6.30. The zero-order valence-corrected chi connectivity index (χ0v) is 10.5. The Kier molecular flexibility index (Phi) is 3.85. The van der Waals surface area contributed by atoms with E-state index < -0.39 is 0 Å². The molecule has 1 heterocycles. The van der Waals surface area contributed by atoms with Crippen LogP contribution in [0.3, 0.4) is 0 Å². The number of likely N-dealkylation sites (tertiary alicyclic amines) is 1. The first kappa shape index (κ1) is 11.9. The zero-order chi connectivity index (χ0) is 11.5. The standard InChI is InChI=1S/C13H19ClN2/c1-10-3-2-6-16(10)9-12-5-4-11(8-15)7-13(12)14/h4-5,7,10H,2-3,6,8-9,15H2,1H3. The highest BCUT2D eigenvalue weighted by Gasteiger charge is 2.20. The fraction of sp³-hybridized carbons (Fsp3) is 0.538. The molecular weight excluding hydrogens is 220 g/mol. The predicted molar refractivity (Wildman–Crippen MR) is 68.4 cm³/mol. The Morgan fingerprint density at radius 3 is 2.88 bits per heavy atom. The van der Waals surface area contributed by atoms with E-state index in [2.05, 4.69) is 24.0 Å². The molecular formula is C13H19ClN2. The Bertz CT molecular complexity index is 365. The summed E-state index contributed by atoms with van der Waals surface area (Å²) in [5, 5.41) is 0.849. The monoisotopic (exact) mass is 238 g/mol. The van der Waals surface area contributed by atoms with Crippen molar-refractivity contribution in [1.29, 1.82) is 0 Å². The minimum absolute atomic E-state index is 0.556. The highest BCUT2D eigenvalue weighted by Crippen LogP contribution is 2.24. The molecule has 0 aromatic heterocycles. The summed E-state index contributed by atoms with van der Waals surface area (Å²) in [4.78, 5) is 2.49. The smallest absolute Gasteiger partial charge is 0.0454 e. The molecule has 1 saturated heterocycles. The lowest BCUT2D eigenvalue weighted by Crippen LogP contribution is -2.26. The maximum Gasteiger partial charge on any atom is 0.0454 e. The van der Waals surface area contributed by atoms with Gasteiger partial charge in [-0.15, -0.1) is 0 Å². The van der Waals surface area contributed by atoms with Crippen molar-refractivity contribution in [2.45, 2.75) is 38.9 Å². The summed E-state index contributed by atoms with van der Waals surface area (Å²) < 4.78 is 0. The quantitative estimate of drug-likeness (QED) is 0.878. The number of nitrogens with two attached hydrogens (primary N) is 1. The maximum absolute atomic E-state index is 6.25. The van der Waals surface area contributed by atoms with Gasteiger partial charge in [-0.2, -0.15) is 0 Å². The molecule has 0 radical (unpaired) electrons. The zero-order valence-electron chi connectivity index (χ0n) is 9.75. The van der Waals surface area contributed by atoms with Gasteiger partial charge in [-0.3, -0.25) is 4.90 Å². The van der Waals surface area contributed by atoms with Crippen LogP contribution in [0.1, 0.15) is 30.9 Å². The number of benzene rings is 1. The lowest BCUT2D eigenvalue weighted by molar-refractivity contribution is 0.260. The average Bonchev–Trinajstić information content (AvgIpc) is 2.67. The van der Waals surface area contributed by atoms with E-state index in [0.717, 1.165) is 17.1 Å². The van der Waals surface area contributed by atoms with E-state index >= 15 is 0 Å². The van der Waals surface area contributed by atoms with E-state index in [1.54, 1.807) is 0 Å². The minimum Gasteiger partial charge on any atom is -0.326 e. The van der Waals surface area contributed by atoms with Crippen LogP contribution in [0.2, 0.25) is 5.02 Å². The summed E-state index contributed by atoms with van der Waals surface area (Å²) in [7, 11) is 0. The van der Waals surface area contributed by atoms with Gasteiger partial charge < -0.3 is 5.73 Å². The summed E-state index contributed by atoms with van der Waals surface area (Å²) in [5.41, 5.74) is 7.90. The fourth-order valence-corrected chi connectivity index (χ4v) is 2.56. The molecule has 1 aromatic rings. The molecule has 0 bridgehead atoms. The summed E-state index contributed by atoms with van der Waals surface area (Å²) in [5.74, 6) is 0. The number of hydrogen-bond acceptors (Lipinski definition) is 2. The van der Waals surface area contributed by atoms with Crippen molar-refractivity contribution >= 4 is 11.6 Å². The Morgan fingerprint density at radius 1 is 1.50 bits per heavy atom. The van der Waals surface area contributed by atoms with Crippen molar-refractivity contribution in [1.82, 2.24) is 4.90 Å². The second-order valence-corrected chi connectivity index (χ2v) is 5.00. The molecule has 1 aliphatic heterocycles. The summed E-state index contributed by atoms with van der Waals surface area (Å²) in [6.07, 6.45) is 2.61. The summed E-state index contributed by atoms with van der Waals surface area (Å²) in [6, 6.07) is 6.85. The second-order valence-electron chi connectivity index (χ2n) is 4.59.